The topological polar surface area (TPSA) is 72.5 Å². The number of carbonyl (C=O) groups is 1. The molecule has 0 aliphatic heterocycles. The molecular weight excluding hydrogens is 177 g/mol. The maximum Gasteiger partial charge on any atom is 0.339 e. The van der Waals surface area contributed by atoms with Gasteiger partial charge in [-0.15, -0.1) is 0 Å². The molecule has 70 valence electrons. The molecule has 1 aromatic rings. The van der Waals surface area contributed by atoms with Crippen LogP contribution in [0.1, 0.15) is 10.4 Å². The van der Waals surface area contributed by atoms with Crippen LogP contribution in [0.3, 0.4) is 0 Å². The molecule has 13 heavy (non-hydrogen) atoms. The normalized spacial score (nSPS) is 9.69. The predicted octanol–water partition coefficient (Wildman–Crippen LogP) is 1.11. The van der Waals surface area contributed by atoms with E-state index in [-0.39, 0.29) is 17.0 Å². The quantitative estimate of drug-likeness (QED) is 0.677. The highest BCUT2D eigenvalue weighted by molar-refractivity contribution is 5.91. The van der Waals surface area contributed by atoms with E-state index in [1.54, 1.807) is 0 Å². The summed E-state index contributed by atoms with van der Waals surface area (Å²) < 4.78 is 17.5. The van der Waals surface area contributed by atoms with Crippen LogP contribution in [0.2, 0.25) is 0 Å². The molecule has 0 heterocycles. The van der Waals surface area contributed by atoms with E-state index < -0.39 is 11.8 Å². The van der Waals surface area contributed by atoms with Gasteiger partial charge in [0, 0.05) is 6.07 Å². The minimum atomic E-state index is -1.25. The lowest BCUT2D eigenvalue weighted by Gasteiger charge is -2.05. The summed E-state index contributed by atoms with van der Waals surface area (Å²) in [7, 11) is 1.29. The number of hydrogen-bond donors (Lipinski definition) is 2. The fourth-order valence-electron chi connectivity index (χ4n) is 0.905. The summed E-state index contributed by atoms with van der Waals surface area (Å²) in [5, 5.41) is 8.62. The lowest BCUT2D eigenvalue weighted by molar-refractivity contribution is 0.0693. The molecule has 0 saturated carbocycles. The molecule has 4 nitrogen and oxygen atoms in total. The summed E-state index contributed by atoms with van der Waals surface area (Å²) in [6.45, 7) is 0. The zero-order valence-corrected chi connectivity index (χ0v) is 6.87. The first-order valence-corrected chi connectivity index (χ1v) is 3.42. The van der Waals surface area contributed by atoms with Gasteiger partial charge in [0.1, 0.15) is 17.1 Å². The Morgan fingerprint density at radius 3 is 2.69 bits per heavy atom. The highest BCUT2D eigenvalue weighted by Crippen LogP contribution is 2.24. The predicted molar refractivity (Wildman–Crippen MR) is 44.3 cm³/mol. The van der Waals surface area contributed by atoms with Crippen LogP contribution in [0.5, 0.6) is 5.75 Å². The SMILES string of the molecule is COc1cc(N)c(F)cc1C(=O)O. The molecule has 0 aromatic heterocycles. The largest absolute Gasteiger partial charge is 0.496 e. The van der Waals surface area contributed by atoms with E-state index in [2.05, 4.69) is 0 Å². The van der Waals surface area contributed by atoms with E-state index in [4.69, 9.17) is 15.6 Å². The molecule has 0 saturated heterocycles. The fourth-order valence-corrected chi connectivity index (χ4v) is 0.905. The van der Waals surface area contributed by atoms with Crippen molar-refractivity contribution in [3.05, 3.63) is 23.5 Å². The molecule has 0 bridgehead atoms. The Bertz CT molecular complexity index is 351. The van der Waals surface area contributed by atoms with Gasteiger partial charge >= 0.3 is 5.97 Å². The van der Waals surface area contributed by atoms with Crippen LogP contribution in [-0.4, -0.2) is 18.2 Å². The van der Waals surface area contributed by atoms with E-state index in [0.29, 0.717) is 0 Å². The maximum absolute atomic E-state index is 12.8. The number of anilines is 1. The van der Waals surface area contributed by atoms with Gasteiger partial charge in [0.05, 0.1) is 12.8 Å². The molecule has 1 rings (SSSR count). The molecule has 0 unspecified atom stereocenters. The van der Waals surface area contributed by atoms with Gasteiger partial charge in [0.2, 0.25) is 0 Å². The lowest BCUT2D eigenvalue weighted by atomic mass is 10.2. The van der Waals surface area contributed by atoms with Crippen LogP contribution >= 0.6 is 0 Å². The smallest absolute Gasteiger partial charge is 0.339 e. The van der Waals surface area contributed by atoms with Gasteiger partial charge < -0.3 is 15.6 Å². The number of carboxylic acids is 1. The third kappa shape index (κ3) is 1.69. The molecule has 0 radical (unpaired) electrons. The Labute approximate surface area is 73.7 Å². The van der Waals surface area contributed by atoms with Gasteiger partial charge in [0.25, 0.3) is 0 Å². The maximum atomic E-state index is 12.8. The fraction of sp³-hybridized carbons (Fsp3) is 0.125. The Morgan fingerprint density at radius 1 is 1.62 bits per heavy atom. The third-order valence-electron chi connectivity index (χ3n) is 1.55. The van der Waals surface area contributed by atoms with Crippen LogP contribution in [0.15, 0.2) is 12.1 Å². The zero-order chi connectivity index (χ0) is 10.0. The summed E-state index contributed by atoms with van der Waals surface area (Å²) in [5.74, 6) is -1.97. The molecule has 0 atom stereocenters. The molecule has 0 aliphatic rings. The van der Waals surface area contributed by atoms with Crippen molar-refractivity contribution in [3.8, 4) is 5.75 Å². The second kappa shape index (κ2) is 3.30. The van der Waals surface area contributed by atoms with Gasteiger partial charge in [0.15, 0.2) is 0 Å². The number of nitrogen functional groups attached to an aromatic ring is 1. The van der Waals surface area contributed by atoms with E-state index in [1.807, 2.05) is 0 Å². The van der Waals surface area contributed by atoms with Gasteiger partial charge in [-0.3, -0.25) is 0 Å². The van der Waals surface area contributed by atoms with Crippen molar-refractivity contribution in [1.82, 2.24) is 0 Å². The monoisotopic (exact) mass is 185 g/mol. The first kappa shape index (κ1) is 9.31. The summed E-state index contributed by atoms with van der Waals surface area (Å²) in [6, 6.07) is 1.97. The van der Waals surface area contributed by atoms with Crippen molar-refractivity contribution in [2.45, 2.75) is 0 Å². The van der Waals surface area contributed by atoms with E-state index in [9.17, 15) is 9.18 Å². The van der Waals surface area contributed by atoms with Crippen LogP contribution in [-0.2, 0) is 0 Å². The number of ether oxygens (including phenoxy) is 1. The van der Waals surface area contributed by atoms with Crippen LogP contribution in [0, 0.1) is 5.82 Å². The Balaban J connectivity index is 3.33. The average molecular weight is 185 g/mol. The summed E-state index contributed by atoms with van der Waals surface area (Å²) in [4.78, 5) is 10.6. The van der Waals surface area contributed by atoms with Crippen molar-refractivity contribution in [2.24, 2.45) is 0 Å². The first-order valence-electron chi connectivity index (χ1n) is 3.42. The average Bonchev–Trinajstić information content (AvgIpc) is 2.08. The van der Waals surface area contributed by atoms with Crippen LogP contribution in [0.4, 0.5) is 10.1 Å². The first-order chi connectivity index (χ1) is 6.06. The van der Waals surface area contributed by atoms with Crippen molar-refractivity contribution >= 4 is 11.7 Å². The molecule has 0 amide bonds. The van der Waals surface area contributed by atoms with Gasteiger partial charge in [-0.1, -0.05) is 0 Å². The summed E-state index contributed by atoms with van der Waals surface area (Å²) >= 11 is 0. The molecule has 3 N–H and O–H groups in total. The van der Waals surface area contributed by atoms with Crippen LogP contribution in [0.25, 0.3) is 0 Å². The Hall–Kier alpha value is -1.78. The number of benzene rings is 1. The highest BCUT2D eigenvalue weighted by atomic mass is 19.1. The number of aromatic carboxylic acids is 1. The van der Waals surface area contributed by atoms with Crippen molar-refractivity contribution < 1.29 is 19.0 Å². The second-order valence-corrected chi connectivity index (χ2v) is 2.38. The molecule has 0 aliphatic carbocycles. The second-order valence-electron chi connectivity index (χ2n) is 2.38. The molecule has 1 aromatic carbocycles. The van der Waals surface area contributed by atoms with Crippen LogP contribution < -0.4 is 10.5 Å². The van der Waals surface area contributed by atoms with Gasteiger partial charge in [-0.2, -0.15) is 0 Å². The lowest BCUT2D eigenvalue weighted by Crippen LogP contribution is -2.03. The summed E-state index contributed by atoms with van der Waals surface area (Å²) in [5.41, 5.74) is 4.84. The van der Waals surface area contributed by atoms with E-state index >= 15 is 0 Å². The van der Waals surface area contributed by atoms with Gasteiger partial charge in [-0.05, 0) is 6.07 Å². The number of methoxy groups -OCH3 is 1. The molecule has 5 heteroatoms. The van der Waals surface area contributed by atoms with Crippen molar-refractivity contribution in [1.29, 1.82) is 0 Å². The van der Waals surface area contributed by atoms with Crippen molar-refractivity contribution in [3.63, 3.8) is 0 Å². The highest BCUT2D eigenvalue weighted by Gasteiger charge is 2.13. The Morgan fingerprint density at radius 2 is 2.23 bits per heavy atom. The number of carboxylic acid groups (broad SMARTS) is 1. The minimum Gasteiger partial charge on any atom is -0.496 e. The molecule has 0 fully saturated rings. The summed E-state index contributed by atoms with van der Waals surface area (Å²) in [6.07, 6.45) is 0. The molecule has 0 spiro atoms. The van der Waals surface area contributed by atoms with E-state index in [0.717, 1.165) is 12.1 Å². The number of rotatable bonds is 2. The minimum absolute atomic E-state index is 0.0476. The van der Waals surface area contributed by atoms with Gasteiger partial charge in [-0.25, -0.2) is 9.18 Å². The third-order valence-corrected chi connectivity index (χ3v) is 1.55. The standard InChI is InChI=1S/C8H8FNO3/c1-13-7-3-6(10)5(9)2-4(7)8(11)12/h2-3H,10H2,1H3,(H,11,12). The van der Waals surface area contributed by atoms with E-state index in [1.165, 1.54) is 7.11 Å². The van der Waals surface area contributed by atoms with Crippen molar-refractivity contribution in [2.75, 3.05) is 12.8 Å². The number of halogens is 1. The molecular formula is C8H8FNO3. The zero-order valence-electron chi connectivity index (χ0n) is 6.87. The number of hydrogen-bond acceptors (Lipinski definition) is 3. The Kier molecular flexibility index (Phi) is 2.36. The number of nitrogens with two attached hydrogens (primary N) is 1.